The number of Topliss-reactive ketones (excluding diaryl/α,β-unsaturated/α-hetero) is 1. The highest BCUT2D eigenvalue weighted by molar-refractivity contribution is 7.80. The molecule has 0 aromatic carbocycles. The van der Waals surface area contributed by atoms with E-state index in [-0.39, 0.29) is 43.1 Å². The van der Waals surface area contributed by atoms with Crippen LogP contribution in [0.2, 0.25) is 0 Å². The van der Waals surface area contributed by atoms with Crippen LogP contribution in [-0.4, -0.2) is 74.9 Å². The van der Waals surface area contributed by atoms with Gasteiger partial charge in [-0.3, -0.25) is 14.5 Å². The van der Waals surface area contributed by atoms with Crippen LogP contribution in [0.25, 0.3) is 0 Å². The lowest BCUT2D eigenvalue weighted by Crippen LogP contribution is -2.65. The van der Waals surface area contributed by atoms with Crippen molar-refractivity contribution in [3.63, 3.8) is 0 Å². The van der Waals surface area contributed by atoms with E-state index >= 15 is 0 Å². The molecule has 0 spiro atoms. The van der Waals surface area contributed by atoms with Gasteiger partial charge in [-0.15, -0.1) is 0 Å². The van der Waals surface area contributed by atoms with Gasteiger partial charge in [-0.05, 0) is 31.5 Å². The first kappa shape index (κ1) is 21.2. The zero-order chi connectivity index (χ0) is 19.9. The van der Waals surface area contributed by atoms with Crippen molar-refractivity contribution in [2.75, 3.05) is 19.7 Å². The van der Waals surface area contributed by atoms with Crippen LogP contribution in [-0.2, 0) is 14.3 Å². The average molecular weight is 387 g/mol. The van der Waals surface area contributed by atoms with Gasteiger partial charge in [0, 0.05) is 25.9 Å². The summed E-state index contributed by atoms with van der Waals surface area (Å²) >= 11 is 5.47. The summed E-state index contributed by atoms with van der Waals surface area (Å²) in [6, 6.07) is 0. The number of aliphatic hydroxyl groups is 2. The molecule has 2 rings (SSSR count). The van der Waals surface area contributed by atoms with Crippen LogP contribution >= 0.6 is 12.2 Å². The van der Waals surface area contributed by atoms with E-state index < -0.39 is 23.9 Å². The summed E-state index contributed by atoms with van der Waals surface area (Å²) in [7, 11) is 0. The van der Waals surface area contributed by atoms with E-state index in [4.69, 9.17) is 17.0 Å². The van der Waals surface area contributed by atoms with Crippen LogP contribution in [0.1, 0.15) is 47.5 Å². The monoisotopic (exact) mass is 386 g/mol. The summed E-state index contributed by atoms with van der Waals surface area (Å²) in [5, 5.41) is 19.7. The molecule has 8 heteroatoms. The minimum atomic E-state index is -1.22. The summed E-state index contributed by atoms with van der Waals surface area (Å²) in [6.07, 6.45) is -1.52. The van der Waals surface area contributed by atoms with E-state index in [9.17, 15) is 19.8 Å². The number of carbonyl (C=O) groups excluding carboxylic acids is 2. The standard InChI is InChI=1S/C18H30N2O5S/c1-6-19-15(24)18(5,13(23)8-17(2,3)4)10-20(16(19)26)14-7-11(22)12(9-21)25-14/h11-12,14,21-22H,6-10H2,1-5H3/t11-,12+,14+,18?/m0/s1. The lowest BCUT2D eigenvalue weighted by atomic mass is 9.75. The Kier molecular flexibility index (Phi) is 6.12. The summed E-state index contributed by atoms with van der Waals surface area (Å²) in [5.74, 6) is -0.411. The van der Waals surface area contributed by atoms with Crippen LogP contribution in [0.5, 0.6) is 0 Å². The highest BCUT2D eigenvalue weighted by Gasteiger charge is 2.53. The quantitative estimate of drug-likeness (QED) is 0.536. The molecule has 2 aliphatic heterocycles. The molecule has 1 amide bonds. The van der Waals surface area contributed by atoms with E-state index in [1.165, 1.54) is 4.90 Å². The average Bonchev–Trinajstić information content (AvgIpc) is 2.90. The maximum absolute atomic E-state index is 13.0. The molecule has 0 aliphatic carbocycles. The maximum Gasteiger partial charge on any atom is 0.243 e. The van der Waals surface area contributed by atoms with Gasteiger partial charge in [0.1, 0.15) is 23.5 Å². The number of nitrogens with zero attached hydrogens (tertiary/aromatic N) is 2. The number of ether oxygens (including phenoxy) is 1. The number of rotatable bonds is 5. The topological polar surface area (TPSA) is 90.3 Å². The second-order valence-electron chi connectivity index (χ2n) is 8.57. The Labute approximate surface area is 160 Å². The van der Waals surface area contributed by atoms with Crippen molar-refractivity contribution in [2.45, 2.75) is 65.9 Å². The molecular formula is C18H30N2O5S. The van der Waals surface area contributed by atoms with E-state index in [1.54, 1.807) is 11.8 Å². The fraction of sp³-hybridized carbons (Fsp3) is 0.833. The molecule has 148 valence electrons. The molecular weight excluding hydrogens is 356 g/mol. The molecule has 0 saturated carbocycles. The SMILES string of the molecule is CCN1C(=O)C(C)(C(=O)CC(C)(C)C)CN([C@H]2C[C@H](O)[C@@H](CO)O2)C1=S. The first-order chi connectivity index (χ1) is 11.9. The van der Waals surface area contributed by atoms with Crippen LogP contribution in [0.3, 0.4) is 0 Å². The van der Waals surface area contributed by atoms with E-state index in [1.807, 2.05) is 27.7 Å². The highest BCUT2D eigenvalue weighted by atomic mass is 32.1. The third-order valence-electron chi connectivity index (χ3n) is 5.03. The zero-order valence-corrected chi connectivity index (χ0v) is 17.0. The van der Waals surface area contributed by atoms with Crippen LogP contribution < -0.4 is 0 Å². The van der Waals surface area contributed by atoms with Crippen molar-refractivity contribution in [3.8, 4) is 0 Å². The first-order valence-corrected chi connectivity index (χ1v) is 9.45. The number of ketones is 1. The zero-order valence-electron chi connectivity index (χ0n) is 16.2. The van der Waals surface area contributed by atoms with Gasteiger partial charge in [-0.2, -0.15) is 0 Å². The predicted octanol–water partition coefficient (Wildman–Crippen LogP) is 0.915. The number of hydrogen-bond acceptors (Lipinski definition) is 6. The minimum absolute atomic E-state index is 0.117. The number of hydrogen-bond donors (Lipinski definition) is 2. The second-order valence-corrected chi connectivity index (χ2v) is 8.93. The van der Waals surface area contributed by atoms with Gasteiger partial charge in [0.2, 0.25) is 5.91 Å². The largest absolute Gasteiger partial charge is 0.394 e. The summed E-state index contributed by atoms with van der Waals surface area (Å²) in [4.78, 5) is 29.2. The summed E-state index contributed by atoms with van der Waals surface area (Å²) in [6.45, 7) is 9.53. The van der Waals surface area contributed by atoms with Crippen molar-refractivity contribution in [1.29, 1.82) is 0 Å². The van der Waals surface area contributed by atoms with Crippen molar-refractivity contribution < 1.29 is 24.5 Å². The molecule has 2 N–H and O–H groups in total. The molecule has 4 atom stereocenters. The van der Waals surface area contributed by atoms with Crippen molar-refractivity contribution in [1.82, 2.24) is 9.80 Å². The lowest BCUT2D eigenvalue weighted by molar-refractivity contribution is -0.153. The molecule has 0 aromatic heterocycles. The Morgan fingerprint density at radius 3 is 2.50 bits per heavy atom. The molecule has 0 bridgehead atoms. The normalized spacial score (nSPS) is 33.1. The van der Waals surface area contributed by atoms with Crippen LogP contribution in [0.4, 0.5) is 0 Å². The van der Waals surface area contributed by atoms with Gasteiger partial charge >= 0.3 is 0 Å². The smallest absolute Gasteiger partial charge is 0.243 e. The van der Waals surface area contributed by atoms with Crippen molar-refractivity contribution >= 4 is 29.0 Å². The van der Waals surface area contributed by atoms with Gasteiger partial charge in [0.15, 0.2) is 5.11 Å². The second kappa shape index (κ2) is 7.50. The fourth-order valence-corrected chi connectivity index (χ4v) is 3.87. The fourth-order valence-electron chi connectivity index (χ4n) is 3.48. The van der Waals surface area contributed by atoms with Crippen LogP contribution in [0.15, 0.2) is 0 Å². The van der Waals surface area contributed by atoms with E-state index in [0.29, 0.717) is 11.7 Å². The Hall–Kier alpha value is -1.09. The predicted molar refractivity (Wildman–Crippen MR) is 100 cm³/mol. The van der Waals surface area contributed by atoms with Crippen LogP contribution in [0, 0.1) is 10.8 Å². The number of carbonyl (C=O) groups is 2. The molecule has 0 aromatic rings. The summed E-state index contributed by atoms with van der Waals surface area (Å²) in [5.41, 5.74) is -1.46. The van der Waals surface area contributed by atoms with Gasteiger partial charge in [0.05, 0.1) is 12.7 Å². The molecule has 0 radical (unpaired) electrons. The van der Waals surface area contributed by atoms with Gasteiger partial charge in [0.25, 0.3) is 0 Å². The molecule has 2 fully saturated rings. The minimum Gasteiger partial charge on any atom is -0.394 e. The van der Waals surface area contributed by atoms with E-state index in [2.05, 4.69) is 0 Å². The third kappa shape index (κ3) is 3.93. The third-order valence-corrected chi connectivity index (χ3v) is 5.49. The van der Waals surface area contributed by atoms with Gasteiger partial charge in [-0.1, -0.05) is 20.8 Å². The Morgan fingerprint density at radius 1 is 1.42 bits per heavy atom. The Morgan fingerprint density at radius 2 is 2.04 bits per heavy atom. The Bertz CT molecular complexity index is 591. The molecule has 1 unspecified atom stereocenters. The number of thiocarbonyl (C=S) groups is 1. The molecule has 7 nitrogen and oxygen atoms in total. The molecule has 2 saturated heterocycles. The molecule has 2 heterocycles. The van der Waals surface area contributed by atoms with Gasteiger partial charge < -0.3 is 19.8 Å². The lowest BCUT2D eigenvalue weighted by Gasteiger charge is -2.47. The number of aliphatic hydroxyl groups excluding tert-OH is 2. The highest BCUT2D eigenvalue weighted by Crippen LogP contribution is 2.36. The summed E-state index contributed by atoms with van der Waals surface area (Å²) < 4.78 is 5.72. The number of amides is 1. The first-order valence-electron chi connectivity index (χ1n) is 9.05. The Balaban J connectivity index is 2.32. The molecule has 26 heavy (non-hydrogen) atoms. The van der Waals surface area contributed by atoms with Crippen molar-refractivity contribution in [3.05, 3.63) is 0 Å². The van der Waals surface area contributed by atoms with Gasteiger partial charge in [-0.25, -0.2) is 0 Å². The van der Waals surface area contributed by atoms with Crippen molar-refractivity contribution in [2.24, 2.45) is 10.8 Å². The van der Waals surface area contributed by atoms with E-state index in [0.717, 1.165) is 0 Å². The maximum atomic E-state index is 13.0. The molecule has 2 aliphatic rings.